The van der Waals surface area contributed by atoms with Crippen LogP contribution in [0.25, 0.3) is 5.52 Å². The second-order valence-electron chi connectivity index (χ2n) is 6.08. The lowest BCUT2D eigenvalue weighted by molar-refractivity contribution is 0.0688. The number of ether oxygens (including phenoxy) is 1. The third kappa shape index (κ3) is 3.22. The summed E-state index contributed by atoms with van der Waals surface area (Å²) < 4.78 is 22.7. The molecule has 26 heavy (non-hydrogen) atoms. The van der Waals surface area contributed by atoms with Crippen molar-refractivity contribution in [3.8, 4) is 0 Å². The van der Waals surface area contributed by atoms with Crippen LogP contribution in [0, 0.1) is 5.82 Å². The molecule has 1 aliphatic rings. The van der Waals surface area contributed by atoms with E-state index in [0.29, 0.717) is 42.2 Å². The summed E-state index contributed by atoms with van der Waals surface area (Å²) in [6.07, 6.45) is 0.646. The molecule has 3 N–H and O–H groups in total. The van der Waals surface area contributed by atoms with E-state index in [9.17, 15) is 0 Å². The van der Waals surface area contributed by atoms with Gasteiger partial charge in [0.1, 0.15) is 10.1 Å². The molecule has 3 aromatic heterocycles. The van der Waals surface area contributed by atoms with E-state index in [1.54, 1.807) is 11.3 Å². The van der Waals surface area contributed by atoms with Gasteiger partial charge >= 0.3 is 0 Å². The normalized spacial score (nSPS) is 20.6. The molecule has 0 amide bonds. The van der Waals surface area contributed by atoms with Gasteiger partial charge in [0.2, 0.25) is 5.28 Å². The molecule has 0 aromatic carbocycles. The van der Waals surface area contributed by atoms with Crippen molar-refractivity contribution in [2.45, 2.75) is 24.9 Å². The van der Waals surface area contributed by atoms with Crippen molar-refractivity contribution in [3.63, 3.8) is 0 Å². The van der Waals surface area contributed by atoms with Crippen molar-refractivity contribution in [1.82, 2.24) is 14.6 Å². The zero-order chi connectivity index (χ0) is 18.3. The number of fused-ring (bicyclic) bond motifs is 1. The Hall–Kier alpha value is -1.26. The molecule has 0 aliphatic carbocycles. The molecule has 0 radical (unpaired) electrons. The smallest absolute Gasteiger partial charge is 0.243 e. The molecule has 4 heterocycles. The number of aromatic nitrogens is 3. The van der Waals surface area contributed by atoms with Crippen LogP contribution in [0.3, 0.4) is 0 Å². The number of hydrogen-bond acceptors (Lipinski definition) is 6. The summed E-state index contributed by atoms with van der Waals surface area (Å²) >= 11 is 11.1. The van der Waals surface area contributed by atoms with E-state index in [-0.39, 0.29) is 28.6 Å². The second-order valence-corrected chi connectivity index (χ2v) is 8.20. The Labute approximate surface area is 166 Å². The van der Waals surface area contributed by atoms with Gasteiger partial charge in [0.15, 0.2) is 11.6 Å². The molecule has 1 aliphatic heterocycles. The summed E-state index contributed by atoms with van der Waals surface area (Å²) in [5, 5.41) is 9.34. The SMILES string of the molecule is N[C@H]1COCC[C@@H]1c1c(F)c2c(NCc3cccs3)nc(Cl)nn2c1Br. The van der Waals surface area contributed by atoms with Gasteiger partial charge in [-0.15, -0.1) is 16.4 Å². The molecule has 0 saturated carbocycles. The number of hydrogen-bond donors (Lipinski definition) is 2. The van der Waals surface area contributed by atoms with Crippen molar-refractivity contribution >= 4 is 50.2 Å². The zero-order valence-electron chi connectivity index (χ0n) is 13.6. The highest BCUT2D eigenvalue weighted by Crippen LogP contribution is 2.38. The maximum absolute atomic E-state index is 15.4. The Morgan fingerprint density at radius 3 is 3.12 bits per heavy atom. The molecule has 6 nitrogen and oxygen atoms in total. The van der Waals surface area contributed by atoms with Crippen LogP contribution < -0.4 is 11.1 Å². The first-order valence-electron chi connectivity index (χ1n) is 8.09. The van der Waals surface area contributed by atoms with Crippen LogP contribution in [0.5, 0.6) is 0 Å². The predicted octanol–water partition coefficient (Wildman–Crippen LogP) is 3.79. The molecule has 138 valence electrons. The Kier molecular flexibility index (Phi) is 5.15. The van der Waals surface area contributed by atoms with Crippen molar-refractivity contribution in [2.24, 2.45) is 5.73 Å². The average Bonchev–Trinajstić information content (AvgIpc) is 3.22. The van der Waals surface area contributed by atoms with Crippen LogP contribution in [-0.4, -0.2) is 33.9 Å². The van der Waals surface area contributed by atoms with Gasteiger partial charge < -0.3 is 15.8 Å². The van der Waals surface area contributed by atoms with E-state index in [2.05, 4.69) is 31.3 Å². The average molecular weight is 461 g/mol. The minimum Gasteiger partial charge on any atom is -0.380 e. The van der Waals surface area contributed by atoms with Crippen molar-refractivity contribution < 1.29 is 9.13 Å². The molecule has 0 unspecified atom stereocenters. The lowest BCUT2D eigenvalue weighted by Gasteiger charge is -2.28. The van der Waals surface area contributed by atoms with E-state index in [1.165, 1.54) is 4.52 Å². The predicted molar refractivity (Wildman–Crippen MR) is 103 cm³/mol. The van der Waals surface area contributed by atoms with E-state index in [4.69, 9.17) is 22.1 Å². The number of nitrogens with zero attached hydrogens (tertiary/aromatic N) is 3. The number of nitrogens with one attached hydrogen (secondary N) is 1. The lowest BCUT2D eigenvalue weighted by Crippen LogP contribution is -2.38. The van der Waals surface area contributed by atoms with Gasteiger partial charge in [-0.2, -0.15) is 4.98 Å². The zero-order valence-corrected chi connectivity index (χ0v) is 16.7. The minimum absolute atomic E-state index is 0.0321. The summed E-state index contributed by atoms with van der Waals surface area (Å²) in [6, 6.07) is 3.68. The first kappa shape index (κ1) is 18.1. The molecule has 10 heteroatoms. The van der Waals surface area contributed by atoms with E-state index in [1.807, 2.05) is 17.5 Å². The molecule has 1 fully saturated rings. The van der Waals surface area contributed by atoms with Gasteiger partial charge in [0, 0.05) is 29.0 Å². The van der Waals surface area contributed by atoms with Gasteiger partial charge in [-0.05, 0) is 45.4 Å². The van der Waals surface area contributed by atoms with Crippen LogP contribution in [0.1, 0.15) is 22.8 Å². The Morgan fingerprint density at radius 1 is 1.54 bits per heavy atom. The summed E-state index contributed by atoms with van der Waals surface area (Å²) in [6.45, 7) is 1.47. The molecule has 3 aromatic rings. The lowest BCUT2D eigenvalue weighted by atomic mass is 9.89. The number of thiophene rings is 1. The van der Waals surface area contributed by atoms with Gasteiger partial charge in [-0.1, -0.05) is 6.07 Å². The standard InChI is InChI=1S/C16H16BrClFN5OS/c17-14-11(9-3-4-25-7-10(9)20)12(19)13-15(22-16(18)23-24(13)14)21-6-8-2-1-5-26-8/h1-2,5,9-10H,3-4,6-7,20H2,(H,21,22,23)/t9-,10-/m0/s1. The van der Waals surface area contributed by atoms with Gasteiger partial charge in [-0.3, -0.25) is 0 Å². The maximum atomic E-state index is 15.4. The summed E-state index contributed by atoms with van der Waals surface area (Å²) in [7, 11) is 0. The topological polar surface area (TPSA) is 77.5 Å². The molecule has 2 atom stereocenters. The Bertz CT molecular complexity index is 935. The summed E-state index contributed by atoms with van der Waals surface area (Å²) in [4.78, 5) is 5.30. The number of nitrogens with two attached hydrogens (primary N) is 1. The monoisotopic (exact) mass is 459 g/mol. The van der Waals surface area contributed by atoms with Crippen LogP contribution in [0.4, 0.5) is 10.2 Å². The summed E-state index contributed by atoms with van der Waals surface area (Å²) in [5.41, 5.74) is 6.92. The second kappa shape index (κ2) is 7.40. The van der Waals surface area contributed by atoms with Crippen LogP contribution in [-0.2, 0) is 11.3 Å². The van der Waals surface area contributed by atoms with Gasteiger partial charge in [-0.25, -0.2) is 8.91 Å². The van der Waals surface area contributed by atoms with Crippen LogP contribution in [0.2, 0.25) is 5.28 Å². The van der Waals surface area contributed by atoms with Crippen molar-refractivity contribution in [2.75, 3.05) is 18.5 Å². The number of anilines is 1. The fourth-order valence-corrected chi connectivity index (χ4v) is 4.74. The minimum atomic E-state index is -0.385. The largest absolute Gasteiger partial charge is 0.380 e. The van der Waals surface area contributed by atoms with Crippen LogP contribution in [0.15, 0.2) is 22.1 Å². The third-order valence-electron chi connectivity index (χ3n) is 4.46. The molecular formula is C16H16BrClFN5OS. The maximum Gasteiger partial charge on any atom is 0.243 e. The van der Waals surface area contributed by atoms with E-state index >= 15 is 4.39 Å². The fraction of sp³-hybridized carbons (Fsp3) is 0.375. The van der Waals surface area contributed by atoms with Gasteiger partial charge in [0.25, 0.3) is 0 Å². The first-order valence-corrected chi connectivity index (χ1v) is 10.1. The highest BCUT2D eigenvalue weighted by atomic mass is 79.9. The fourth-order valence-electron chi connectivity index (χ4n) is 3.21. The quantitative estimate of drug-likeness (QED) is 0.619. The molecular weight excluding hydrogens is 445 g/mol. The Balaban J connectivity index is 1.79. The summed E-state index contributed by atoms with van der Waals surface area (Å²) in [5.74, 6) is -0.197. The number of halogens is 3. The van der Waals surface area contributed by atoms with Crippen LogP contribution >= 0.6 is 38.9 Å². The molecule has 0 bridgehead atoms. The Morgan fingerprint density at radius 2 is 2.38 bits per heavy atom. The van der Waals surface area contributed by atoms with E-state index in [0.717, 1.165) is 4.88 Å². The highest BCUT2D eigenvalue weighted by molar-refractivity contribution is 9.10. The number of rotatable bonds is 4. The third-order valence-corrected chi connectivity index (χ3v) is 6.26. The molecule has 4 rings (SSSR count). The molecule has 0 spiro atoms. The molecule has 1 saturated heterocycles. The van der Waals surface area contributed by atoms with E-state index < -0.39 is 0 Å². The van der Waals surface area contributed by atoms with Crippen molar-refractivity contribution in [3.05, 3.63) is 43.7 Å². The van der Waals surface area contributed by atoms with Gasteiger partial charge in [0.05, 0.1) is 13.2 Å². The van der Waals surface area contributed by atoms with Crippen molar-refractivity contribution in [1.29, 1.82) is 0 Å². The highest BCUT2D eigenvalue weighted by Gasteiger charge is 2.33. The first-order chi connectivity index (χ1) is 12.6.